The smallest absolute Gasteiger partial charge is 0.136 e. The maximum absolute atomic E-state index is 6.24. The highest BCUT2D eigenvalue weighted by molar-refractivity contribution is 6.30. The molecular formula is C16H14ClN3. The average Bonchev–Trinajstić information content (AvgIpc) is 2.49. The molecule has 0 fully saturated rings. The van der Waals surface area contributed by atoms with Crippen LogP contribution in [0.5, 0.6) is 0 Å². The van der Waals surface area contributed by atoms with Crippen molar-refractivity contribution in [3.8, 4) is 11.3 Å². The summed E-state index contributed by atoms with van der Waals surface area (Å²) in [5, 5.41) is 1.63. The van der Waals surface area contributed by atoms with Gasteiger partial charge >= 0.3 is 0 Å². The lowest BCUT2D eigenvalue weighted by molar-refractivity contribution is 0.904. The Kier molecular flexibility index (Phi) is 3.61. The third-order valence-corrected chi connectivity index (χ3v) is 3.61. The van der Waals surface area contributed by atoms with E-state index >= 15 is 0 Å². The van der Waals surface area contributed by atoms with Gasteiger partial charge in [-0.2, -0.15) is 0 Å². The Morgan fingerprint density at radius 1 is 1.05 bits per heavy atom. The molecule has 2 heterocycles. The molecule has 20 heavy (non-hydrogen) atoms. The zero-order valence-electron chi connectivity index (χ0n) is 11.2. The number of halogens is 1. The molecule has 0 saturated carbocycles. The lowest BCUT2D eigenvalue weighted by Gasteiger charge is -2.10. The molecule has 0 N–H and O–H groups in total. The van der Waals surface area contributed by atoms with Gasteiger partial charge in [-0.1, -0.05) is 49.2 Å². The van der Waals surface area contributed by atoms with Crippen LogP contribution < -0.4 is 0 Å². The van der Waals surface area contributed by atoms with E-state index < -0.39 is 0 Å². The van der Waals surface area contributed by atoms with Gasteiger partial charge in [0.05, 0.1) is 11.2 Å². The highest BCUT2D eigenvalue weighted by Crippen LogP contribution is 2.31. The van der Waals surface area contributed by atoms with Crippen LogP contribution in [0.4, 0.5) is 0 Å². The third-order valence-electron chi connectivity index (χ3n) is 3.28. The van der Waals surface area contributed by atoms with Crippen molar-refractivity contribution in [2.24, 2.45) is 0 Å². The molecule has 0 spiro atoms. The van der Waals surface area contributed by atoms with Gasteiger partial charge in [0.1, 0.15) is 11.5 Å². The quantitative estimate of drug-likeness (QED) is 0.673. The van der Waals surface area contributed by atoms with Crippen LogP contribution in [-0.2, 0) is 6.42 Å². The molecule has 0 amide bonds. The van der Waals surface area contributed by atoms with Crippen LogP contribution in [0, 0.1) is 0 Å². The highest BCUT2D eigenvalue weighted by atomic mass is 35.5. The number of hydrogen-bond donors (Lipinski definition) is 0. The zero-order chi connectivity index (χ0) is 13.9. The molecule has 3 aromatic rings. The van der Waals surface area contributed by atoms with Gasteiger partial charge in [0.2, 0.25) is 0 Å². The van der Waals surface area contributed by atoms with Crippen molar-refractivity contribution in [3.05, 3.63) is 53.6 Å². The zero-order valence-corrected chi connectivity index (χ0v) is 11.9. The molecule has 0 saturated heterocycles. The van der Waals surface area contributed by atoms with Crippen molar-refractivity contribution in [2.45, 2.75) is 19.8 Å². The van der Waals surface area contributed by atoms with Crippen LogP contribution in [0.3, 0.4) is 0 Å². The molecule has 0 unspecified atom stereocenters. The van der Waals surface area contributed by atoms with Crippen LogP contribution in [-0.4, -0.2) is 15.0 Å². The predicted octanol–water partition coefficient (Wildman–Crippen LogP) is 4.30. The number of para-hydroxylation sites is 1. The van der Waals surface area contributed by atoms with E-state index in [0.29, 0.717) is 5.15 Å². The molecule has 100 valence electrons. The van der Waals surface area contributed by atoms with E-state index in [1.54, 1.807) is 6.20 Å². The van der Waals surface area contributed by atoms with Crippen molar-refractivity contribution in [3.63, 3.8) is 0 Å². The molecule has 0 aliphatic heterocycles. The van der Waals surface area contributed by atoms with Gasteiger partial charge in [-0.15, -0.1) is 0 Å². The minimum atomic E-state index is 0.532. The summed E-state index contributed by atoms with van der Waals surface area (Å²) in [6, 6.07) is 10.1. The summed E-state index contributed by atoms with van der Waals surface area (Å²) in [5.74, 6) is 0. The fraction of sp³-hybridized carbons (Fsp3) is 0.188. The summed E-state index contributed by atoms with van der Waals surface area (Å²) in [7, 11) is 0. The summed E-state index contributed by atoms with van der Waals surface area (Å²) < 4.78 is 0. The Morgan fingerprint density at radius 2 is 1.90 bits per heavy atom. The van der Waals surface area contributed by atoms with Crippen LogP contribution in [0.15, 0.2) is 42.9 Å². The van der Waals surface area contributed by atoms with Gasteiger partial charge in [-0.3, -0.25) is 4.98 Å². The van der Waals surface area contributed by atoms with Crippen LogP contribution in [0.1, 0.15) is 18.9 Å². The van der Waals surface area contributed by atoms with Crippen LogP contribution in [0.25, 0.3) is 22.2 Å². The number of fused-ring (bicyclic) bond motifs is 1. The van der Waals surface area contributed by atoms with Crippen molar-refractivity contribution in [1.82, 2.24) is 15.0 Å². The number of pyridine rings is 1. The average molecular weight is 284 g/mol. The first-order valence-corrected chi connectivity index (χ1v) is 7.02. The number of aromatic nitrogens is 3. The van der Waals surface area contributed by atoms with Crippen LogP contribution in [0.2, 0.25) is 5.15 Å². The summed E-state index contributed by atoms with van der Waals surface area (Å²) in [5.41, 5.74) is 3.84. The molecule has 0 aliphatic carbocycles. The lowest BCUT2D eigenvalue weighted by atomic mass is 10.0. The standard InChI is InChI=1S/C16H14ClN3/c1-2-5-13-15(19-10-20-16(13)17)12-8-3-6-11-7-4-9-18-14(11)12/h3-4,6-10H,2,5H2,1H3. The number of benzene rings is 1. The van der Waals surface area contributed by atoms with E-state index in [9.17, 15) is 0 Å². The molecule has 3 rings (SSSR count). The predicted molar refractivity (Wildman–Crippen MR) is 81.8 cm³/mol. The first-order chi connectivity index (χ1) is 9.81. The Bertz CT molecular complexity index is 750. The summed E-state index contributed by atoms with van der Waals surface area (Å²) >= 11 is 6.24. The first kappa shape index (κ1) is 13.0. The Morgan fingerprint density at radius 3 is 2.75 bits per heavy atom. The number of nitrogens with zero attached hydrogens (tertiary/aromatic N) is 3. The maximum atomic E-state index is 6.24. The Hall–Kier alpha value is -2.00. The van der Waals surface area contributed by atoms with E-state index in [1.165, 1.54) is 6.33 Å². The lowest BCUT2D eigenvalue weighted by Crippen LogP contribution is -1.98. The molecule has 3 nitrogen and oxygen atoms in total. The topological polar surface area (TPSA) is 38.7 Å². The maximum Gasteiger partial charge on any atom is 0.136 e. The molecule has 4 heteroatoms. The van der Waals surface area contributed by atoms with Gasteiger partial charge < -0.3 is 0 Å². The second-order valence-corrected chi connectivity index (χ2v) is 4.98. The van der Waals surface area contributed by atoms with Crippen LogP contribution >= 0.6 is 11.6 Å². The van der Waals surface area contributed by atoms with E-state index in [-0.39, 0.29) is 0 Å². The van der Waals surface area contributed by atoms with Crippen molar-refractivity contribution < 1.29 is 0 Å². The molecular weight excluding hydrogens is 270 g/mol. The van der Waals surface area contributed by atoms with E-state index in [1.807, 2.05) is 30.3 Å². The minimum absolute atomic E-state index is 0.532. The first-order valence-electron chi connectivity index (χ1n) is 6.64. The molecule has 2 aromatic heterocycles. The highest BCUT2D eigenvalue weighted by Gasteiger charge is 2.13. The van der Waals surface area contributed by atoms with E-state index in [0.717, 1.165) is 40.6 Å². The number of hydrogen-bond acceptors (Lipinski definition) is 3. The molecule has 0 atom stereocenters. The third kappa shape index (κ3) is 2.25. The second kappa shape index (κ2) is 5.55. The van der Waals surface area contributed by atoms with Gasteiger partial charge in [0, 0.05) is 22.7 Å². The van der Waals surface area contributed by atoms with Crippen molar-refractivity contribution >= 4 is 22.5 Å². The fourth-order valence-electron chi connectivity index (χ4n) is 2.39. The second-order valence-electron chi connectivity index (χ2n) is 4.62. The minimum Gasteiger partial charge on any atom is -0.256 e. The monoisotopic (exact) mass is 283 g/mol. The fourth-order valence-corrected chi connectivity index (χ4v) is 2.62. The van der Waals surface area contributed by atoms with Gasteiger partial charge in [0.15, 0.2) is 0 Å². The Balaban J connectivity index is 2.28. The van der Waals surface area contributed by atoms with Gasteiger partial charge in [-0.05, 0) is 12.5 Å². The van der Waals surface area contributed by atoms with Gasteiger partial charge in [0.25, 0.3) is 0 Å². The summed E-state index contributed by atoms with van der Waals surface area (Å²) in [4.78, 5) is 13.0. The number of rotatable bonds is 3. The van der Waals surface area contributed by atoms with Gasteiger partial charge in [-0.25, -0.2) is 9.97 Å². The molecule has 0 bridgehead atoms. The SMILES string of the molecule is CCCc1c(Cl)ncnc1-c1cccc2cccnc12. The molecule has 0 radical (unpaired) electrons. The summed E-state index contributed by atoms with van der Waals surface area (Å²) in [6.45, 7) is 2.12. The summed E-state index contributed by atoms with van der Waals surface area (Å²) in [6.07, 6.45) is 5.17. The largest absolute Gasteiger partial charge is 0.256 e. The van der Waals surface area contributed by atoms with E-state index in [4.69, 9.17) is 11.6 Å². The molecule has 1 aromatic carbocycles. The Labute approximate surface area is 122 Å². The van der Waals surface area contributed by atoms with E-state index in [2.05, 4.69) is 21.9 Å². The normalized spacial score (nSPS) is 10.9. The van der Waals surface area contributed by atoms with Crippen molar-refractivity contribution in [1.29, 1.82) is 0 Å². The molecule has 0 aliphatic rings. The van der Waals surface area contributed by atoms with Crippen molar-refractivity contribution in [2.75, 3.05) is 0 Å².